The summed E-state index contributed by atoms with van der Waals surface area (Å²) >= 11 is 0. The van der Waals surface area contributed by atoms with Crippen LogP contribution in [0, 0.1) is 5.92 Å². The van der Waals surface area contributed by atoms with Gasteiger partial charge in [-0.25, -0.2) is 4.98 Å². The highest BCUT2D eigenvalue weighted by molar-refractivity contribution is 5.92. The molecule has 22 heavy (non-hydrogen) atoms. The maximum Gasteiger partial charge on any atom is 0.274 e. The third-order valence-electron chi connectivity index (χ3n) is 3.22. The van der Waals surface area contributed by atoms with E-state index >= 15 is 0 Å². The molecule has 0 spiro atoms. The molecule has 0 radical (unpaired) electrons. The molecule has 1 N–H and O–H groups in total. The average molecular weight is 306 g/mol. The number of amides is 2. The second-order valence-electron chi connectivity index (χ2n) is 5.67. The minimum absolute atomic E-state index is 0.0197. The van der Waals surface area contributed by atoms with Crippen molar-refractivity contribution in [2.75, 3.05) is 19.6 Å². The van der Waals surface area contributed by atoms with Gasteiger partial charge in [0.05, 0.1) is 6.20 Å². The third-order valence-corrected chi connectivity index (χ3v) is 3.22. The third kappa shape index (κ3) is 6.65. The number of hydrogen-bond acceptors (Lipinski definition) is 4. The second kappa shape index (κ2) is 9.87. The van der Waals surface area contributed by atoms with Gasteiger partial charge in [0, 0.05) is 38.4 Å². The Morgan fingerprint density at radius 2 is 2.05 bits per heavy atom. The van der Waals surface area contributed by atoms with Gasteiger partial charge in [-0.05, 0) is 18.8 Å². The Labute approximate surface area is 132 Å². The first kappa shape index (κ1) is 18.1. The van der Waals surface area contributed by atoms with E-state index in [1.807, 2.05) is 6.92 Å². The maximum atomic E-state index is 12.3. The Balaban J connectivity index is 2.47. The van der Waals surface area contributed by atoms with Gasteiger partial charge in [-0.2, -0.15) is 0 Å². The van der Waals surface area contributed by atoms with Crippen LogP contribution in [0.5, 0.6) is 0 Å². The molecule has 1 aromatic heterocycles. The van der Waals surface area contributed by atoms with E-state index in [9.17, 15) is 9.59 Å². The van der Waals surface area contributed by atoms with Gasteiger partial charge in [0.15, 0.2) is 0 Å². The molecular weight excluding hydrogens is 280 g/mol. The molecule has 6 heteroatoms. The van der Waals surface area contributed by atoms with Gasteiger partial charge in [-0.15, -0.1) is 0 Å². The molecule has 0 saturated heterocycles. The standard InChI is InChI=1S/C16H26N4O2/c1-4-10-20(16(22)14-12-17-8-9-18-14)11-6-15(21)19-7-5-13(2)3/h8-9,12-13H,4-7,10-11H2,1-3H3,(H,19,21). The summed E-state index contributed by atoms with van der Waals surface area (Å²) in [7, 11) is 0. The molecule has 0 fully saturated rings. The predicted molar refractivity (Wildman–Crippen MR) is 85.3 cm³/mol. The van der Waals surface area contributed by atoms with E-state index in [0.29, 0.717) is 37.7 Å². The lowest BCUT2D eigenvalue weighted by atomic mass is 10.1. The van der Waals surface area contributed by atoms with Crippen molar-refractivity contribution >= 4 is 11.8 Å². The minimum Gasteiger partial charge on any atom is -0.356 e. The quantitative estimate of drug-likeness (QED) is 0.756. The zero-order valence-corrected chi connectivity index (χ0v) is 13.7. The van der Waals surface area contributed by atoms with E-state index in [1.165, 1.54) is 18.6 Å². The van der Waals surface area contributed by atoms with Crippen molar-refractivity contribution in [3.8, 4) is 0 Å². The van der Waals surface area contributed by atoms with Crippen molar-refractivity contribution in [3.63, 3.8) is 0 Å². The Kier molecular flexibility index (Phi) is 8.10. The number of carbonyl (C=O) groups is 2. The topological polar surface area (TPSA) is 75.2 Å². The summed E-state index contributed by atoms with van der Waals surface area (Å²) in [4.78, 5) is 33.8. The lowest BCUT2D eigenvalue weighted by molar-refractivity contribution is -0.121. The lowest BCUT2D eigenvalue weighted by Gasteiger charge is -2.21. The van der Waals surface area contributed by atoms with Gasteiger partial charge in [-0.3, -0.25) is 14.6 Å². The number of aromatic nitrogens is 2. The zero-order valence-electron chi connectivity index (χ0n) is 13.7. The highest BCUT2D eigenvalue weighted by Gasteiger charge is 2.17. The molecule has 2 amide bonds. The van der Waals surface area contributed by atoms with Crippen molar-refractivity contribution in [3.05, 3.63) is 24.3 Å². The first-order valence-electron chi connectivity index (χ1n) is 7.86. The van der Waals surface area contributed by atoms with Gasteiger partial charge in [0.25, 0.3) is 5.91 Å². The monoisotopic (exact) mass is 306 g/mol. The van der Waals surface area contributed by atoms with Crippen LogP contribution in [0.3, 0.4) is 0 Å². The fraction of sp³-hybridized carbons (Fsp3) is 0.625. The van der Waals surface area contributed by atoms with Crippen LogP contribution in [0.15, 0.2) is 18.6 Å². The number of nitrogens with zero attached hydrogens (tertiary/aromatic N) is 3. The van der Waals surface area contributed by atoms with E-state index in [4.69, 9.17) is 0 Å². The summed E-state index contributed by atoms with van der Waals surface area (Å²) < 4.78 is 0. The van der Waals surface area contributed by atoms with Gasteiger partial charge < -0.3 is 10.2 Å². The van der Waals surface area contributed by atoms with Crippen LogP contribution < -0.4 is 5.32 Å². The fourth-order valence-corrected chi connectivity index (χ4v) is 1.98. The molecule has 0 aromatic carbocycles. The number of carbonyl (C=O) groups excluding carboxylic acids is 2. The molecule has 0 saturated carbocycles. The molecule has 1 rings (SSSR count). The smallest absolute Gasteiger partial charge is 0.274 e. The normalized spacial score (nSPS) is 10.5. The van der Waals surface area contributed by atoms with E-state index in [-0.39, 0.29) is 11.8 Å². The molecule has 0 bridgehead atoms. The molecule has 1 heterocycles. The van der Waals surface area contributed by atoms with Crippen LogP contribution in [0.1, 0.15) is 50.5 Å². The summed E-state index contributed by atoms with van der Waals surface area (Å²) in [5.74, 6) is 0.369. The van der Waals surface area contributed by atoms with Crippen LogP contribution in [0.25, 0.3) is 0 Å². The molecule has 122 valence electrons. The Morgan fingerprint density at radius 1 is 1.27 bits per heavy atom. The highest BCUT2D eigenvalue weighted by atomic mass is 16.2. The minimum atomic E-state index is -0.176. The number of hydrogen-bond donors (Lipinski definition) is 1. The molecule has 0 atom stereocenters. The van der Waals surface area contributed by atoms with E-state index in [2.05, 4.69) is 29.1 Å². The van der Waals surface area contributed by atoms with Gasteiger partial charge in [0.1, 0.15) is 5.69 Å². The molecule has 6 nitrogen and oxygen atoms in total. The zero-order chi connectivity index (χ0) is 16.4. The van der Waals surface area contributed by atoms with Crippen LogP contribution in [0.2, 0.25) is 0 Å². The van der Waals surface area contributed by atoms with Crippen molar-refractivity contribution in [2.24, 2.45) is 5.92 Å². The van der Waals surface area contributed by atoms with E-state index in [1.54, 1.807) is 4.90 Å². The van der Waals surface area contributed by atoms with Crippen LogP contribution in [0.4, 0.5) is 0 Å². The Hall–Kier alpha value is -1.98. The largest absolute Gasteiger partial charge is 0.356 e. The number of nitrogens with one attached hydrogen (secondary N) is 1. The summed E-state index contributed by atoms with van der Waals surface area (Å²) in [6, 6.07) is 0. The fourth-order valence-electron chi connectivity index (χ4n) is 1.98. The summed E-state index contributed by atoms with van der Waals surface area (Å²) in [5, 5.41) is 2.89. The number of rotatable bonds is 9. The Morgan fingerprint density at radius 3 is 2.64 bits per heavy atom. The summed E-state index contributed by atoms with van der Waals surface area (Å²) in [5.41, 5.74) is 0.316. The van der Waals surface area contributed by atoms with Gasteiger partial charge in [0.2, 0.25) is 5.91 Å². The average Bonchev–Trinajstić information content (AvgIpc) is 2.51. The van der Waals surface area contributed by atoms with Crippen molar-refractivity contribution in [1.29, 1.82) is 0 Å². The molecule has 0 unspecified atom stereocenters. The molecule has 0 aliphatic carbocycles. The van der Waals surface area contributed by atoms with Gasteiger partial charge >= 0.3 is 0 Å². The van der Waals surface area contributed by atoms with Gasteiger partial charge in [-0.1, -0.05) is 20.8 Å². The van der Waals surface area contributed by atoms with Crippen LogP contribution in [-0.2, 0) is 4.79 Å². The van der Waals surface area contributed by atoms with E-state index < -0.39 is 0 Å². The molecule has 0 aliphatic heterocycles. The summed E-state index contributed by atoms with van der Waals surface area (Å²) in [6.45, 7) is 7.93. The first-order chi connectivity index (χ1) is 10.5. The SMILES string of the molecule is CCCN(CCC(=O)NCCC(C)C)C(=O)c1cnccn1. The lowest BCUT2D eigenvalue weighted by Crippen LogP contribution is -2.36. The van der Waals surface area contributed by atoms with Crippen molar-refractivity contribution in [2.45, 2.75) is 40.0 Å². The molecule has 1 aromatic rings. The van der Waals surface area contributed by atoms with E-state index in [0.717, 1.165) is 12.8 Å². The molecular formula is C16H26N4O2. The molecule has 0 aliphatic rings. The van der Waals surface area contributed by atoms with Crippen LogP contribution in [-0.4, -0.2) is 46.3 Å². The van der Waals surface area contributed by atoms with Crippen LogP contribution >= 0.6 is 0 Å². The summed E-state index contributed by atoms with van der Waals surface area (Å²) in [6.07, 6.45) is 6.58. The Bertz CT molecular complexity index is 462. The van der Waals surface area contributed by atoms with Crippen molar-refractivity contribution < 1.29 is 9.59 Å². The first-order valence-corrected chi connectivity index (χ1v) is 7.86. The maximum absolute atomic E-state index is 12.3. The predicted octanol–water partition coefficient (Wildman–Crippen LogP) is 1.88. The highest BCUT2D eigenvalue weighted by Crippen LogP contribution is 2.03. The van der Waals surface area contributed by atoms with Crippen molar-refractivity contribution in [1.82, 2.24) is 20.2 Å². The second-order valence-corrected chi connectivity index (χ2v) is 5.67.